The molecule has 0 fully saturated rings. The zero-order valence-corrected chi connectivity index (χ0v) is 8.40. The number of hydrogen-bond acceptors (Lipinski definition) is 3. The standard InChI is InChI=1S/C10H13N3O/c1-8-12-9-4-3-5-11-10(9)13(8)6-7-14-2/h3-5H,6-7H2,1-2H3. The van der Waals surface area contributed by atoms with Crippen molar-refractivity contribution in [3.05, 3.63) is 24.2 Å². The van der Waals surface area contributed by atoms with Gasteiger partial charge >= 0.3 is 0 Å². The van der Waals surface area contributed by atoms with Crippen LogP contribution in [0.5, 0.6) is 0 Å². The minimum absolute atomic E-state index is 0.683. The summed E-state index contributed by atoms with van der Waals surface area (Å²) in [6, 6.07) is 3.87. The van der Waals surface area contributed by atoms with E-state index < -0.39 is 0 Å². The lowest BCUT2D eigenvalue weighted by Crippen LogP contribution is -2.06. The van der Waals surface area contributed by atoms with E-state index in [0.29, 0.717) is 6.61 Å². The van der Waals surface area contributed by atoms with Gasteiger partial charge in [-0.3, -0.25) is 0 Å². The van der Waals surface area contributed by atoms with Gasteiger partial charge < -0.3 is 9.30 Å². The third kappa shape index (κ3) is 1.48. The van der Waals surface area contributed by atoms with E-state index in [1.807, 2.05) is 19.1 Å². The molecule has 0 aliphatic carbocycles. The van der Waals surface area contributed by atoms with Gasteiger partial charge in [-0.05, 0) is 19.1 Å². The monoisotopic (exact) mass is 191 g/mol. The number of ether oxygens (including phenoxy) is 1. The van der Waals surface area contributed by atoms with Crippen LogP contribution in [0.2, 0.25) is 0 Å². The van der Waals surface area contributed by atoms with Crippen LogP contribution >= 0.6 is 0 Å². The summed E-state index contributed by atoms with van der Waals surface area (Å²) in [5.41, 5.74) is 1.88. The van der Waals surface area contributed by atoms with E-state index in [1.54, 1.807) is 13.3 Å². The summed E-state index contributed by atoms with van der Waals surface area (Å²) in [6.07, 6.45) is 1.78. The van der Waals surface area contributed by atoms with Crippen LogP contribution in [-0.4, -0.2) is 28.3 Å². The van der Waals surface area contributed by atoms with Crippen LogP contribution < -0.4 is 0 Å². The van der Waals surface area contributed by atoms with E-state index in [2.05, 4.69) is 14.5 Å². The Bertz CT molecular complexity index is 436. The number of rotatable bonds is 3. The maximum Gasteiger partial charge on any atom is 0.160 e. The molecule has 14 heavy (non-hydrogen) atoms. The molecule has 0 aromatic carbocycles. The highest BCUT2D eigenvalue weighted by Crippen LogP contribution is 2.12. The first-order chi connectivity index (χ1) is 6.83. The molecule has 4 heteroatoms. The number of aryl methyl sites for hydroxylation is 1. The molecule has 0 unspecified atom stereocenters. The lowest BCUT2D eigenvalue weighted by molar-refractivity contribution is 0.187. The fraction of sp³-hybridized carbons (Fsp3) is 0.400. The van der Waals surface area contributed by atoms with Crippen LogP contribution in [0.15, 0.2) is 18.3 Å². The Morgan fingerprint density at radius 1 is 1.50 bits per heavy atom. The molecule has 0 spiro atoms. The first-order valence-electron chi connectivity index (χ1n) is 4.59. The summed E-state index contributed by atoms with van der Waals surface area (Å²) < 4.78 is 7.11. The van der Waals surface area contributed by atoms with Gasteiger partial charge in [-0.1, -0.05) is 0 Å². The Morgan fingerprint density at radius 3 is 3.14 bits per heavy atom. The molecule has 0 saturated heterocycles. The Kier molecular flexibility index (Phi) is 2.45. The van der Waals surface area contributed by atoms with Crippen molar-refractivity contribution in [2.45, 2.75) is 13.5 Å². The number of nitrogens with zero attached hydrogens (tertiary/aromatic N) is 3. The normalized spacial score (nSPS) is 11.0. The SMILES string of the molecule is COCCn1c(C)nc2cccnc21. The van der Waals surface area contributed by atoms with Gasteiger partial charge in [0.05, 0.1) is 6.61 Å². The van der Waals surface area contributed by atoms with Crippen molar-refractivity contribution in [3.63, 3.8) is 0 Å². The average Bonchev–Trinajstić information content (AvgIpc) is 2.51. The summed E-state index contributed by atoms with van der Waals surface area (Å²) in [5, 5.41) is 0. The summed E-state index contributed by atoms with van der Waals surface area (Å²) in [6.45, 7) is 3.47. The Morgan fingerprint density at radius 2 is 2.36 bits per heavy atom. The summed E-state index contributed by atoms with van der Waals surface area (Å²) in [7, 11) is 1.70. The largest absolute Gasteiger partial charge is 0.383 e. The van der Waals surface area contributed by atoms with Crippen LogP contribution in [0.4, 0.5) is 0 Å². The van der Waals surface area contributed by atoms with Gasteiger partial charge in [0.25, 0.3) is 0 Å². The van der Waals surface area contributed by atoms with Gasteiger partial charge in [-0.15, -0.1) is 0 Å². The van der Waals surface area contributed by atoms with Crippen molar-refractivity contribution in [2.24, 2.45) is 0 Å². The quantitative estimate of drug-likeness (QED) is 0.736. The van der Waals surface area contributed by atoms with Gasteiger partial charge in [0.1, 0.15) is 11.3 Å². The van der Waals surface area contributed by atoms with Gasteiger partial charge in [0, 0.05) is 19.9 Å². The smallest absolute Gasteiger partial charge is 0.160 e. The highest BCUT2D eigenvalue weighted by molar-refractivity contribution is 5.70. The molecule has 0 amide bonds. The average molecular weight is 191 g/mol. The van der Waals surface area contributed by atoms with Crippen molar-refractivity contribution in [2.75, 3.05) is 13.7 Å². The highest BCUT2D eigenvalue weighted by Gasteiger charge is 2.06. The molecule has 74 valence electrons. The molecule has 2 aromatic heterocycles. The van der Waals surface area contributed by atoms with E-state index in [0.717, 1.165) is 23.5 Å². The molecular weight excluding hydrogens is 178 g/mol. The molecule has 0 saturated carbocycles. The molecule has 0 N–H and O–H groups in total. The molecule has 0 aliphatic heterocycles. The maximum atomic E-state index is 5.04. The molecule has 2 aromatic rings. The van der Waals surface area contributed by atoms with E-state index in [9.17, 15) is 0 Å². The molecular formula is C10H13N3O. The topological polar surface area (TPSA) is 39.9 Å². The van der Waals surface area contributed by atoms with Gasteiger partial charge in [-0.25, -0.2) is 9.97 Å². The Hall–Kier alpha value is -1.42. The van der Waals surface area contributed by atoms with Gasteiger partial charge in [0.15, 0.2) is 5.65 Å². The van der Waals surface area contributed by atoms with E-state index in [1.165, 1.54) is 0 Å². The maximum absolute atomic E-state index is 5.04. The van der Waals surface area contributed by atoms with E-state index in [-0.39, 0.29) is 0 Å². The van der Waals surface area contributed by atoms with Crippen molar-refractivity contribution in [3.8, 4) is 0 Å². The molecule has 0 aliphatic rings. The lowest BCUT2D eigenvalue weighted by atomic mass is 10.4. The Labute approximate surface area is 82.5 Å². The third-order valence-electron chi connectivity index (χ3n) is 2.21. The van der Waals surface area contributed by atoms with Crippen molar-refractivity contribution in [1.29, 1.82) is 0 Å². The first kappa shape index (κ1) is 9.15. The van der Waals surface area contributed by atoms with Crippen LogP contribution in [0.1, 0.15) is 5.82 Å². The number of hydrogen-bond donors (Lipinski definition) is 0. The van der Waals surface area contributed by atoms with Crippen LogP contribution in [0.3, 0.4) is 0 Å². The highest BCUT2D eigenvalue weighted by atomic mass is 16.5. The number of fused-ring (bicyclic) bond motifs is 1. The fourth-order valence-electron chi connectivity index (χ4n) is 1.52. The van der Waals surface area contributed by atoms with Crippen molar-refractivity contribution < 1.29 is 4.74 Å². The van der Waals surface area contributed by atoms with Gasteiger partial charge in [-0.2, -0.15) is 0 Å². The molecule has 0 atom stereocenters. The molecule has 2 rings (SSSR count). The van der Waals surface area contributed by atoms with Crippen molar-refractivity contribution in [1.82, 2.24) is 14.5 Å². The fourth-order valence-corrected chi connectivity index (χ4v) is 1.52. The predicted octanol–water partition coefficient (Wildman–Crippen LogP) is 1.39. The zero-order valence-electron chi connectivity index (χ0n) is 8.40. The van der Waals surface area contributed by atoms with E-state index >= 15 is 0 Å². The number of imidazole rings is 1. The van der Waals surface area contributed by atoms with Crippen molar-refractivity contribution >= 4 is 11.2 Å². The van der Waals surface area contributed by atoms with Crippen LogP contribution in [0.25, 0.3) is 11.2 Å². The molecule has 0 bridgehead atoms. The zero-order chi connectivity index (χ0) is 9.97. The minimum atomic E-state index is 0.683. The second-order valence-electron chi connectivity index (χ2n) is 3.15. The summed E-state index contributed by atoms with van der Waals surface area (Å²) in [4.78, 5) is 8.71. The van der Waals surface area contributed by atoms with E-state index in [4.69, 9.17) is 4.74 Å². The summed E-state index contributed by atoms with van der Waals surface area (Å²) in [5.74, 6) is 0.982. The van der Waals surface area contributed by atoms with Crippen LogP contribution in [-0.2, 0) is 11.3 Å². The minimum Gasteiger partial charge on any atom is -0.383 e. The predicted molar refractivity (Wildman–Crippen MR) is 54.1 cm³/mol. The summed E-state index contributed by atoms with van der Waals surface area (Å²) >= 11 is 0. The molecule has 2 heterocycles. The second-order valence-corrected chi connectivity index (χ2v) is 3.15. The Balaban J connectivity index is 2.45. The second kappa shape index (κ2) is 3.75. The molecule has 0 radical (unpaired) electrons. The number of aromatic nitrogens is 3. The molecule has 4 nitrogen and oxygen atoms in total. The van der Waals surface area contributed by atoms with Gasteiger partial charge in [0.2, 0.25) is 0 Å². The third-order valence-corrected chi connectivity index (χ3v) is 2.21. The first-order valence-corrected chi connectivity index (χ1v) is 4.59. The number of methoxy groups -OCH3 is 1. The number of pyridine rings is 1. The van der Waals surface area contributed by atoms with Crippen LogP contribution in [0, 0.1) is 6.92 Å². The lowest BCUT2D eigenvalue weighted by Gasteiger charge is -2.03.